The maximum Gasteiger partial charge on any atom is 0.115 e. The Bertz CT molecular complexity index is 662. The van der Waals surface area contributed by atoms with Gasteiger partial charge in [0.2, 0.25) is 0 Å². The lowest BCUT2D eigenvalue weighted by atomic mass is 10.1. The highest BCUT2D eigenvalue weighted by atomic mass is 14.9. The third kappa shape index (κ3) is 2.74. The predicted octanol–water partition coefficient (Wildman–Crippen LogP) is 2.31. The van der Waals surface area contributed by atoms with Crippen LogP contribution in [0, 0.1) is 0 Å². The van der Waals surface area contributed by atoms with Crippen molar-refractivity contribution in [2.24, 2.45) is 0 Å². The molecule has 3 rings (SSSR count). The molecule has 0 radical (unpaired) electrons. The van der Waals surface area contributed by atoms with Gasteiger partial charge in [0.15, 0.2) is 0 Å². The molecule has 1 aromatic carbocycles. The molecule has 0 amide bonds. The van der Waals surface area contributed by atoms with Crippen molar-refractivity contribution in [2.75, 3.05) is 0 Å². The second-order valence-corrected chi connectivity index (χ2v) is 4.29. The quantitative estimate of drug-likeness (QED) is 0.772. The number of para-hydroxylation sites is 1. The van der Waals surface area contributed by atoms with E-state index in [0.29, 0.717) is 0 Å². The summed E-state index contributed by atoms with van der Waals surface area (Å²) >= 11 is 0. The van der Waals surface area contributed by atoms with Gasteiger partial charge in [-0.05, 0) is 23.8 Å². The van der Waals surface area contributed by atoms with Crippen LogP contribution in [-0.2, 0) is 13.1 Å². The lowest BCUT2D eigenvalue weighted by Crippen LogP contribution is -2.14. The van der Waals surface area contributed by atoms with Gasteiger partial charge < -0.3 is 5.32 Å². The largest absolute Gasteiger partial charge is 0.307 e. The first kappa shape index (κ1) is 11.7. The standard InChI is InChI=1S/C15H14N4/c1-2-4-15-14(3-1)12(5-8-18-15)9-17-10-13-6-7-16-11-19-13/h1-8,11,17H,9-10H2. The van der Waals surface area contributed by atoms with Crippen molar-refractivity contribution in [3.05, 3.63) is 66.4 Å². The van der Waals surface area contributed by atoms with E-state index in [4.69, 9.17) is 0 Å². The van der Waals surface area contributed by atoms with E-state index < -0.39 is 0 Å². The molecule has 94 valence electrons. The minimum atomic E-state index is 0.735. The average molecular weight is 250 g/mol. The zero-order valence-electron chi connectivity index (χ0n) is 10.5. The van der Waals surface area contributed by atoms with Crippen LogP contribution in [0.2, 0.25) is 0 Å². The summed E-state index contributed by atoms with van der Waals surface area (Å²) in [5.41, 5.74) is 3.27. The van der Waals surface area contributed by atoms with Crippen molar-refractivity contribution < 1.29 is 0 Å². The Kier molecular flexibility index (Phi) is 3.42. The highest BCUT2D eigenvalue weighted by Gasteiger charge is 2.01. The minimum absolute atomic E-state index is 0.735. The Labute approximate surface area is 111 Å². The van der Waals surface area contributed by atoms with Gasteiger partial charge in [-0.2, -0.15) is 0 Å². The van der Waals surface area contributed by atoms with Crippen molar-refractivity contribution >= 4 is 10.9 Å². The summed E-state index contributed by atoms with van der Waals surface area (Å²) in [7, 11) is 0. The number of rotatable bonds is 4. The summed E-state index contributed by atoms with van der Waals surface area (Å²) in [5, 5.41) is 4.59. The van der Waals surface area contributed by atoms with Crippen LogP contribution in [0.25, 0.3) is 10.9 Å². The second-order valence-electron chi connectivity index (χ2n) is 4.29. The molecular weight excluding hydrogens is 236 g/mol. The number of fused-ring (bicyclic) bond motifs is 1. The third-order valence-electron chi connectivity index (χ3n) is 3.00. The van der Waals surface area contributed by atoms with Gasteiger partial charge in [-0.25, -0.2) is 9.97 Å². The van der Waals surface area contributed by atoms with E-state index in [-0.39, 0.29) is 0 Å². The number of pyridine rings is 1. The van der Waals surface area contributed by atoms with E-state index in [1.807, 2.05) is 30.5 Å². The summed E-state index contributed by atoms with van der Waals surface area (Å²) < 4.78 is 0. The van der Waals surface area contributed by atoms with Crippen molar-refractivity contribution in [3.8, 4) is 0 Å². The van der Waals surface area contributed by atoms with E-state index in [0.717, 1.165) is 24.3 Å². The fourth-order valence-electron chi connectivity index (χ4n) is 2.06. The number of nitrogens with zero attached hydrogens (tertiary/aromatic N) is 3. The minimum Gasteiger partial charge on any atom is -0.307 e. The van der Waals surface area contributed by atoms with Crippen molar-refractivity contribution in [1.82, 2.24) is 20.3 Å². The molecule has 2 aromatic heterocycles. The van der Waals surface area contributed by atoms with E-state index >= 15 is 0 Å². The molecule has 4 heteroatoms. The normalized spacial score (nSPS) is 10.7. The molecule has 4 nitrogen and oxygen atoms in total. The van der Waals surface area contributed by atoms with Crippen LogP contribution in [0.3, 0.4) is 0 Å². The molecule has 3 aromatic rings. The van der Waals surface area contributed by atoms with Gasteiger partial charge in [-0.1, -0.05) is 18.2 Å². The first-order valence-corrected chi connectivity index (χ1v) is 6.22. The Morgan fingerprint density at radius 1 is 0.895 bits per heavy atom. The zero-order chi connectivity index (χ0) is 12.9. The van der Waals surface area contributed by atoms with Gasteiger partial charge in [-0.15, -0.1) is 0 Å². The Balaban J connectivity index is 1.72. The summed E-state index contributed by atoms with van der Waals surface area (Å²) in [5.74, 6) is 0. The van der Waals surface area contributed by atoms with Crippen molar-refractivity contribution in [3.63, 3.8) is 0 Å². The monoisotopic (exact) mass is 250 g/mol. The fourth-order valence-corrected chi connectivity index (χ4v) is 2.06. The zero-order valence-corrected chi connectivity index (χ0v) is 10.5. The number of aromatic nitrogens is 3. The van der Waals surface area contributed by atoms with Crippen LogP contribution in [0.1, 0.15) is 11.3 Å². The molecule has 0 atom stereocenters. The second kappa shape index (κ2) is 5.54. The molecule has 0 unspecified atom stereocenters. The third-order valence-corrected chi connectivity index (χ3v) is 3.00. The van der Waals surface area contributed by atoms with Crippen molar-refractivity contribution in [1.29, 1.82) is 0 Å². The molecule has 19 heavy (non-hydrogen) atoms. The molecule has 0 aliphatic rings. The highest BCUT2D eigenvalue weighted by Crippen LogP contribution is 2.15. The van der Waals surface area contributed by atoms with Crippen LogP contribution in [0.5, 0.6) is 0 Å². The van der Waals surface area contributed by atoms with Crippen LogP contribution in [-0.4, -0.2) is 15.0 Å². The summed E-state index contributed by atoms with van der Waals surface area (Å²) in [6.45, 7) is 1.53. The topological polar surface area (TPSA) is 50.7 Å². The van der Waals surface area contributed by atoms with E-state index in [2.05, 4.69) is 32.4 Å². The Hall–Kier alpha value is -2.33. The number of benzene rings is 1. The van der Waals surface area contributed by atoms with Crippen LogP contribution in [0.15, 0.2) is 55.1 Å². The molecule has 0 saturated carbocycles. The molecule has 0 aliphatic heterocycles. The maximum atomic E-state index is 4.36. The highest BCUT2D eigenvalue weighted by molar-refractivity contribution is 5.81. The SMILES string of the molecule is c1ccc2c(CNCc3ccncn3)ccnc2c1. The molecule has 0 saturated heterocycles. The Morgan fingerprint density at radius 3 is 2.74 bits per heavy atom. The van der Waals surface area contributed by atoms with Crippen molar-refractivity contribution in [2.45, 2.75) is 13.1 Å². The lowest BCUT2D eigenvalue weighted by molar-refractivity contribution is 0.680. The number of nitrogens with one attached hydrogen (secondary N) is 1. The number of hydrogen-bond donors (Lipinski definition) is 1. The van der Waals surface area contributed by atoms with Gasteiger partial charge in [-0.3, -0.25) is 4.98 Å². The molecular formula is C15H14N4. The van der Waals surface area contributed by atoms with Gasteiger partial charge >= 0.3 is 0 Å². The molecule has 0 aliphatic carbocycles. The molecule has 0 bridgehead atoms. The summed E-state index contributed by atoms with van der Waals surface area (Å²) in [6.07, 6.45) is 5.18. The van der Waals surface area contributed by atoms with Crippen LogP contribution in [0.4, 0.5) is 0 Å². The lowest BCUT2D eigenvalue weighted by Gasteiger charge is -2.07. The van der Waals surface area contributed by atoms with Crippen LogP contribution < -0.4 is 5.32 Å². The Morgan fingerprint density at radius 2 is 1.84 bits per heavy atom. The summed E-state index contributed by atoms with van der Waals surface area (Å²) in [4.78, 5) is 12.5. The molecule has 1 N–H and O–H groups in total. The molecule has 0 spiro atoms. The first-order valence-electron chi connectivity index (χ1n) is 6.22. The van der Waals surface area contributed by atoms with E-state index in [9.17, 15) is 0 Å². The van der Waals surface area contributed by atoms with Gasteiger partial charge in [0, 0.05) is 30.9 Å². The van der Waals surface area contributed by atoms with Gasteiger partial charge in [0.05, 0.1) is 11.2 Å². The summed E-state index contributed by atoms with van der Waals surface area (Å²) in [6, 6.07) is 12.1. The van der Waals surface area contributed by atoms with E-state index in [1.54, 1.807) is 12.5 Å². The molecule has 2 heterocycles. The predicted molar refractivity (Wildman–Crippen MR) is 74.3 cm³/mol. The maximum absolute atomic E-state index is 4.36. The van der Waals surface area contributed by atoms with E-state index in [1.165, 1.54) is 10.9 Å². The smallest absolute Gasteiger partial charge is 0.115 e. The fraction of sp³-hybridized carbons (Fsp3) is 0.133. The first-order chi connectivity index (χ1) is 9.43. The van der Waals surface area contributed by atoms with Gasteiger partial charge in [0.1, 0.15) is 6.33 Å². The molecule has 0 fully saturated rings. The number of hydrogen-bond acceptors (Lipinski definition) is 4. The average Bonchev–Trinajstić information content (AvgIpc) is 2.49. The van der Waals surface area contributed by atoms with Gasteiger partial charge in [0.25, 0.3) is 0 Å². The van der Waals surface area contributed by atoms with Crippen LogP contribution >= 0.6 is 0 Å².